The number of aliphatic hydroxyl groups excluding tert-OH is 1. The Hall–Kier alpha value is -1.55. The average molecular weight is 376 g/mol. The summed E-state index contributed by atoms with van der Waals surface area (Å²) in [5, 5.41) is 12.4. The van der Waals surface area contributed by atoms with Crippen LogP contribution in [0.4, 0.5) is 13.2 Å². The molecule has 1 aliphatic heterocycles. The Morgan fingerprint density at radius 2 is 2.19 bits per heavy atom. The van der Waals surface area contributed by atoms with Gasteiger partial charge in [-0.3, -0.25) is 15.2 Å². The van der Waals surface area contributed by atoms with Gasteiger partial charge in [-0.25, -0.2) is 5.43 Å². The first-order valence-electron chi connectivity index (χ1n) is 8.56. The third-order valence-corrected chi connectivity index (χ3v) is 4.04. The van der Waals surface area contributed by atoms with Gasteiger partial charge in [0.1, 0.15) is 0 Å². The van der Waals surface area contributed by atoms with E-state index in [4.69, 9.17) is 0 Å². The fourth-order valence-corrected chi connectivity index (χ4v) is 2.50. The Bertz CT molecular complexity index is 559. The summed E-state index contributed by atoms with van der Waals surface area (Å²) in [7, 11) is 0. The summed E-state index contributed by atoms with van der Waals surface area (Å²) in [6.45, 7) is 6.41. The number of hydrogen-bond acceptors (Lipinski definition) is 6. The summed E-state index contributed by atoms with van der Waals surface area (Å²) in [4.78, 5) is 16.1. The van der Waals surface area contributed by atoms with Gasteiger partial charge in [-0.05, 0) is 32.4 Å². The van der Waals surface area contributed by atoms with E-state index in [-0.39, 0.29) is 12.6 Å². The number of allylic oxidation sites excluding steroid dienone is 1. The van der Waals surface area contributed by atoms with E-state index in [0.29, 0.717) is 18.5 Å². The number of carbonyl (C=O) groups is 1. The molecule has 4 N–H and O–H groups in total. The minimum atomic E-state index is -4.77. The van der Waals surface area contributed by atoms with Gasteiger partial charge in [0.2, 0.25) is 5.78 Å². The van der Waals surface area contributed by atoms with Crippen molar-refractivity contribution in [3.8, 4) is 0 Å². The van der Waals surface area contributed by atoms with Gasteiger partial charge < -0.3 is 10.4 Å². The maximum atomic E-state index is 12.5. The second kappa shape index (κ2) is 10.6. The van der Waals surface area contributed by atoms with Crippen LogP contribution in [0, 0.1) is 0 Å². The van der Waals surface area contributed by atoms with E-state index >= 15 is 0 Å². The highest BCUT2D eigenvalue weighted by molar-refractivity contribution is 6.35. The number of Topliss-reactive ketones (excluding diaryl/α,β-unsaturated/α-hetero) is 1. The van der Waals surface area contributed by atoms with E-state index < -0.39 is 24.1 Å². The summed E-state index contributed by atoms with van der Waals surface area (Å²) >= 11 is 0. The van der Waals surface area contributed by atoms with Crippen LogP contribution in [0.5, 0.6) is 0 Å². The highest BCUT2D eigenvalue weighted by atomic mass is 19.4. The second-order valence-electron chi connectivity index (χ2n) is 6.01. The zero-order valence-corrected chi connectivity index (χ0v) is 15.2. The average Bonchev–Trinajstić information content (AvgIpc) is 2.60. The number of aliphatic hydroxyl groups is 1. The van der Waals surface area contributed by atoms with Gasteiger partial charge in [-0.15, -0.1) is 0 Å². The number of halogens is 3. The lowest BCUT2D eigenvalue weighted by atomic mass is 9.94. The molecule has 0 spiro atoms. The van der Waals surface area contributed by atoms with Gasteiger partial charge in [-0.1, -0.05) is 19.1 Å². The van der Waals surface area contributed by atoms with Crippen LogP contribution in [-0.4, -0.2) is 61.1 Å². The zero-order valence-electron chi connectivity index (χ0n) is 15.2. The Balaban J connectivity index is 2.99. The predicted molar refractivity (Wildman–Crippen MR) is 94.9 cm³/mol. The zero-order chi connectivity index (χ0) is 19.7. The summed E-state index contributed by atoms with van der Waals surface area (Å²) in [6.07, 6.45) is -1.96. The maximum Gasteiger partial charge on any atom is 0.416 e. The minimum Gasteiger partial charge on any atom is -0.382 e. The topological polar surface area (TPSA) is 85.8 Å². The number of rotatable bonds is 9. The highest BCUT2D eigenvalue weighted by Crippen LogP contribution is 2.23. The van der Waals surface area contributed by atoms with E-state index in [1.165, 1.54) is 0 Å². The van der Waals surface area contributed by atoms with E-state index in [1.54, 1.807) is 0 Å². The van der Waals surface area contributed by atoms with Crippen LogP contribution >= 0.6 is 0 Å². The molecule has 1 heterocycles. The number of nitrogens with zero attached hydrogens (tertiary/aromatic N) is 1. The fourth-order valence-electron chi connectivity index (χ4n) is 2.50. The van der Waals surface area contributed by atoms with Crippen LogP contribution in [0.25, 0.3) is 0 Å². The van der Waals surface area contributed by atoms with Crippen molar-refractivity contribution in [1.82, 2.24) is 16.2 Å². The van der Waals surface area contributed by atoms with E-state index in [0.717, 1.165) is 25.3 Å². The molecule has 2 unspecified atom stereocenters. The van der Waals surface area contributed by atoms with Crippen molar-refractivity contribution in [1.29, 1.82) is 0 Å². The molecule has 0 aromatic rings. The van der Waals surface area contributed by atoms with Crippen LogP contribution in [-0.2, 0) is 4.79 Å². The number of carbonyl (C=O) groups excluding carboxylic acids is 1. The molecule has 26 heavy (non-hydrogen) atoms. The molecule has 0 fully saturated rings. The van der Waals surface area contributed by atoms with Crippen LogP contribution in [0.1, 0.15) is 27.2 Å². The van der Waals surface area contributed by atoms with Crippen molar-refractivity contribution in [3.63, 3.8) is 0 Å². The fraction of sp³-hybridized carbons (Fsp3) is 0.647. The largest absolute Gasteiger partial charge is 0.416 e. The molecule has 0 saturated carbocycles. The maximum absolute atomic E-state index is 12.5. The number of alkyl halides is 3. The van der Waals surface area contributed by atoms with E-state index in [1.807, 2.05) is 26.0 Å². The molecule has 6 nitrogen and oxygen atoms in total. The normalized spacial score (nSPS) is 21.6. The molecule has 0 amide bonds. The molecule has 0 aromatic carbocycles. The third kappa shape index (κ3) is 6.64. The molecule has 0 saturated heterocycles. The second-order valence-corrected chi connectivity index (χ2v) is 6.01. The van der Waals surface area contributed by atoms with Crippen LogP contribution in [0.15, 0.2) is 28.3 Å². The van der Waals surface area contributed by atoms with E-state index in [2.05, 4.69) is 21.2 Å². The number of aliphatic imine (C=N–C) groups is 1. The highest BCUT2D eigenvalue weighted by Gasteiger charge is 2.41. The van der Waals surface area contributed by atoms with Crippen molar-refractivity contribution in [2.45, 2.75) is 51.6 Å². The van der Waals surface area contributed by atoms with Gasteiger partial charge >= 0.3 is 6.18 Å². The lowest BCUT2D eigenvalue weighted by Gasteiger charge is -2.29. The molecule has 148 valence electrons. The standard InChI is InChI=1S/C17H27F3N4O2/c1-4-6-7-14-12(8-21-5-2)13(9-23-24-14)15(25)10-22-11(3)16(26)17(18,19)20/h4,6,10-11,14,16,21,23-24,26H,5,7-9H2,1-3H3/b6-4-,22-10?/t11-,14?,16?/m1/s1. The Kier molecular flexibility index (Phi) is 9.14. The molecule has 1 aliphatic rings. The number of ketones is 1. The van der Waals surface area contributed by atoms with Gasteiger partial charge in [-0.2, -0.15) is 13.2 Å². The number of hydrogen-bond donors (Lipinski definition) is 4. The van der Waals surface area contributed by atoms with Crippen molar-refractivity contribution in [2.24, 2.45) is 4.99 Å². The lowest BCUT2D eigenvalue weighted by Crippen LogP contribution is -2.50. The van der Waals surface area contributed by atoms with Crippen molar-refractivity contribution >= 4 is 12.0 Å². The minimum absolute atomic E-state index is 0.107. The van der Waals surface area contributed by atoms with Crippen LogP contribution in [0.2, 0.25) is 0 Å². The summed E-state index contributed by atoms with van der Waals surface area (Å²) < 4.78 is 37.5. The SMILES string of the molecule is C/C=C\CC1NNCC(C(=O)C=N[C@H](C)C(O)C(F)(F)F)=C1CNCC. The van der Waals surface area contributed by atoms with Gasteiger partial charge in [0.15, 0.2) is 6.10 Å². The van der Waals surface area contributed by atoms with Gasteiger partial charge in [0.25, 0.3) is 0 Å². The molecule has 1 rings (SSSR count). The van der Waals surface area contributed by atoms with Crippen molar-refractivity contribution in [2.75, 3.05) is 19.6 Å². The molecule has 0 radical (unpaired) electrons. The number of nitrogens with one attached hydrogen (secondary N) is 3. The monoisotopic (exact) mass is 376 g/mol. The summed E-state index contributed by atoms with van der Waals surface area (Å²) in [5.41, 5.74) is 7.37. The Morgan fingerprint density at radius 1 is 1.50 bits per heavy atom. The molecule has 3 atom stereocenters. The first-order chi connectivity index (χ1) is 12.2. The quantitative estimate of drug-likeness (QED) is 0.360. The molecule has 9 heteroatoms. The van der Waals surface area contributed by atoms with Crippen LogP contribution in [0.3, 0.4) is 0 Å². The van der Waals surface area contributed by atoms with Crippen molar-refractivity contribution < 1.29 is 23.1 Å². The number of hydrazine groups is 1. The molecular formula is C17H27F3N4O2. The Labute approximate surface area is 151 Å². The predicted octanol–water partition coefficient (Wildman–Crippen LogP) is 1.29. The smallest absolute Gasteiger partial charge is 0.382 e. The number of likely N-dealkylation sites (N-methyl/N-ethyl adjacent to an activating group) is 1. The van der Waals surface area contributed by atoms with Crippen molar-refractivity contribution in [3.05, 3.63) is 23.3 Å². The Morgan fingerprint density at radius 3 is 2.77 bits per heavy atom. The summed E-state index contributed by atoms with van der Waals surface area (Å²) in [6, 6.07) is -1.56. The van der Waals surface area contributed by atoms with Gasteiger partial charge in [0, 0.05) is 24.7 Å². The van der Waals surface area contributed by atoms with E-state index in [9.17, 15) is 23.1 Å². The lowest BCUT2D eigenvalue weighted by molar-refractivity contribution is -0.207. The third-order valence-electron chi connectivity index (χ3n) is 4.04. The molecular weight excluding hydrogens is 349 g/mol. The molecule has 0 aliphatic carbocycles. The molecule has 0 aromatic heterocycles. The van der Waals surface area contributed by atoms with Gasteiger partial charge in [0.05, 0.1) is 12.3 Å². The summed E-state index contributed by atoms with van der Waals surface area (Å²) in [5.74, 6) is -0.460. The first-order valence-corrected chi connectivity index (χ1v) is 8.56. The molecule has 0 bridgehead atoms. The first kappa shape index (κ1) is 22.5. The van der Waals surface area contributed by atoms with Crippen LogP contribution < -0.4 is 16.2 Å².